The van der Waals surface area contributed by atoms with E-state index in [4.69, 9.17) is 11.6 Å². The topological polar surface area (TPSA) is 64.3 Å². The molecule has 164 valence electrons. The van der Waals surface area contributed by atoms with E-state index < -0.39 is 0 Å². The van der Waals surface area contributed by atoms with E-state index in [0.29, 0.717) is 47.7 Å². The summed E-state index contributed by atoms with van der Waals surface area (Å²) < 4.78 is 3.02. The zero-order valence-corrected chi connectivity index (χ0v) is 19.6. The smallest absolute Gasteiger partial charge is 0.336 e. The first-order valence-electron chi connectivity index (χ1n) is 10.7. The summed E-state index contributed by atoms with van der Waals surface area (Å²) in [6, 6.07) is 5.28. The average Bonchev–Trinajstić information content (AvgIpc) is 3.12. The Bertz CT molecular complexity index is 1290. The van der Waals surface area contributed by atoms with E-state index in [1.54, 1.807) is 34.6 Å². The Hall–Kier alpha value is -2.38. The van der Waals surface area contributed by atoms with Crippen molar-refractivity contribution in [2.45, 2.75) is 59.5 Å². The Kier molecular flexibility index (Phi) is 6.08. The Morgan fingerprint density at radius 3 is 2.71 bits per heavy atom. The molecular formula is C23H26ClN3O3S. The van der Waals surface area contributed by atoms with Crippen molar-refractivity contribution in [1.29, 1.82) is 0 Å². The third-order valence-electron chi connectivity index (χ3n) is 6.03. The van der Waals surface area contributed by atoms with Gasteiger partial charge >= 0.3 is 5.69 Å². The van der Waals surface area contributed by atoms with Gasteiger partial charge in [0, 0.05) is 29.9 Å². The van der Waals surface area contributed by atoms with Crippen LogP contribution in [-0.4, -0.2) is 26.5 Å². The van der Waals surface area contributed by atoms with E-state index in [9.17, 15) is 14.4 Å². The molecular weight excluding hydrogens is 434 g/mol. The van der Waals surface area contributed by atoms with Crippen LogP contribution in [0.3, 0.4) is 0 Å². The Morgan fingerprint density at radius 1 is 1.23 bits per heavy atom. The molecule has 0 N–H and O–H groups in total. The molecule has 8 heteroatoms. The molecule has 0 fully saturated rings. The van der Waals surface area contributed by atoms with Crippen LogP contribution in [-0.2, 0) is 24.3 Å². The summed E-state index contributed by atoms with van der Waals surface area (Å²) in [5, 5.41) is 1.13. The molecule has 1 aliphatic heterocycles. The molecule has 4 rings (SSSR count). The molecule has 0 bridgehead atoms. The second-order valence-corrected chi connectivity index (χ2v) is 9.53. The Morgan fingerprint density at radius 2 is 2.00 bits per heavy atom. The molecule has 3 heterocycles. The number of carbonyl (C=O) groups excluding carboxylic acids is 1. The fourth-order valence-electron chi connectivity index (χ4n) is 4.24. The van der Waals surface area contributed by atoms with Gasteiger partial charge in [0.05, 0.1) is 17.6 Å². The number of unbranched alkanes of at least 4 members (excludes halogenated alkanes) is 2. The maximum absolute atomic E-state index is 13.7. The highest BCUT2D eigenvalue weighted by Crippen LogP contribution is 2.33. The highest BCUT2D eigenvalue weighted by molar-refractivity contribution is 7.18. The molecule has 0 radical (unpaired) electrons. The molecule has 1 amide bonds. The van der Waals surface area contributed by atoms with Gasteiger partial charge in [-0.05, 0) is 43.0 Å². The number of aromatic nitrogens is 2. The number of nitrogens with zero attached hydrogens (tertiary/aromatic N) is 3. The van der Waals surface area contributed by atoms with Crippen LogP contribution in [0.15, 0.2) is 27.8 Å². The van der Waals surface area contributed by atoms with Crippen molar-refractivity contribution in [2.24, 2.45) is 0 Å². The van der Waals surface area contributed by atoms with Gasteiger partial charge in [-0.15, -0.1) is 11.3 Å². The molecule has 0 aliphatic carbocycles. The van der Waals surface area contributed by atoms with Crippen LogP contribution >= 0.6 is 22.9 Å². The average molecular weight is 460 g/mol. The summed E-state index contributed by atoms with van der Waals surface area (Å²) in [4.78, 5) is 42.6. The monoisotopic (exact) mass is 459 g/mol. The lowest BCUT2D eigenvalue weighted by atomic mass is 10.1. The first-order chi connectivity index (χ1) is 14.8. The van der Waals surface area contributed by atoms with Crippen LogP contribution < -0.4 is 11.2 Å². The summed E-state index contributed by atoms with van der Waals surface area (Å²) in [6.45, 7) is 7.13. The van der Waals surface area contributed by atoms with Gasteiger partial charge in [0.2, 0.25) is 5.91 Å². The van der Waals surface area contributed by atoms with Crippen LogP contribution in [0.4, 0.5) is 0 Å². The number of fused-ring (bicyclic) bond motifs is 3. The normalized spacial score (nSPS) is 13.6. The van der Waals surface area contributed by atoms with Crippen molar-refractivity contribution in [2.75, 3.05) is 6.54 Å². The van der Waals surface area contributed by atoms with Gasteiger partial charge in [0.1, 0.15) is 4.83 Å². The lowest BCUT2D eigenvalue weighted by Gasteiger charge is -2.25. The summed E-state index contributed by atoms with van der Waals surface area (Å²) in [5.41, 5.74) is 1.57. The minimum absolute atomic E-state index is 0.0235. The van der Waals surface area contributed by atoms with Crippen LogP contribution in [0.25, 0.3) is 15.9 Å². The number of rotatable bonds is 5. The highest BCUT2D eigenvalue weighted by Gasteiger charge is 2.27. The molecule has 3 aromatic rings. The fourth-order valence-corrected chi connectivity index (χ4v) is 5.79. The minimum Gasteiger partial charge on any atom is -0.337 e. The second-order valence-electron chi connectivity index (χ2n) is 8.04. The highest BCUT2D eigenvalue weighted by atomic mass is 35.5. The van der Waals surface area contributed by atoms with Crippen molar-refractivity contribution < 1.29 is 4.79 Å². The van der Waals surface area contributed by atoms with Crippen molar-refractivity contribution in [3.05, 3.63) is 60.1 Å². The predicted octanol–water partition coefficient (Wildman–Crippen LogP) is 4.27. The molecule has 0 saturated heterocycles. The number of hydrogen-bond donors (Lipinski definition) is 0. The number of aryl methyl sites for hydroxylation is 1. The van der Waals surface area contributed by atoms with Gasteiger partial charge in [-0.25, -0.2) is 9.36 Å². The summed E-state index contributed by atoms with van der Waals surface area (Å²) in [7, 11) is 0. The number of benzene rings is 1. The van der Waals surface area contributed by atoms with E-state index >= 15 is 0 Å². The van der Waals surface area contributed by atoms with E-state index in [-0.39, 0.29) is 17.2 Å². The summed E-state index contributed by atoms with van der Waals surface area (Å²) in [6.07, 6.45) is 3.53. The molecule has 0 atom stereocenters. The van der Waals surface area contributed by atoms with Gasteiger partial charge < -0.3 is 4.90 Å². The van der Waals surface area contributed by atoms with Gasteiger partial charge in [0.25, 0.3) is 5.56 Å². The van der Waals surface area contributed by atoms with E-state index in [1.165, 1.54) is 15.9 Å². The lowest BCUT2D eigenvalue weighted by molar-refractivity contribution is -0.129. The Labute approximate surface area is 189 Å². The zero-order chi connectivity index (χ0) is 22.3. The maximum Gasteiger partial charge on any atom is 0.336 e. The van der Waals surface area contributed by atoms with Crippen LogP contribution in [0.2, 0.25) is 5.02 Å². The van der Waals surface area contributed by atoms with Crippen molar-refractivity contribution in [3.8, 4) is 5.69 Å². The predicted molar refractivity (Wildman–Crippen MR) is 126 cm³/mol. The minimum atomic E-state index is -0.332. The summed E-state index contributed by atoms with van der Waals surface area (Å²) in [5.74, 6) is 0.0235. The Balaban J connectivity index is 2.01. The molecule has 31 heavy (non-hydrogen) atoms. The van der Waals surface area contributed by atoms with Gasteiger partial charge in [-0.1, -0.05) is 37.4 Å². The van der Waals surface area contributed by atoms with Crippen molar-refractivity contribution >= 4 is 39.1 Å². The molecule has 0 saturated carbocycles. The largest absolute Gasteiger partial charge is 0.337 e. The molecule has 0 unspecified atom stereocenters. The first kappa shape index (κ1) is 21.8. The molecule has 2 aromatic heterocycles. The molecule has 1 aliphatic rings. The summed E-state index contributed by atoms with van der Waals surface area (Å²) >= 11 is 7.78. The van der Waals surface area contributed by atoms with Gasteiger partial charge in [0.15, 0.2) is 0 Å². The van der Waals surface area contributed by atoms with Crippen LogP contribution in [0, 0.1) is 6.92 Å². The van der Waals surface area contributed by atoms with Crippen LogP contribution in [0.1, 0.15) is 49.1 Å². The number of thiophene rings is 1. The molecule has 1 aromatic carbocycles. The standard InChI is InChI=1S/C23H26ClN3O3S/c1-4-5-6-11-26-22-20(16-10-12-25(15(3)28)13-19(16)31-22)21(29)27(23(26)30)18-9-7-8-17(24)14(18)2/h7-9H,4-6,10-13H2,1-3H3. The SMILES string of the molecule is CCCCCn1c(=O)n(-c2cccc(Cl)c2C)c(=O)c2c3c(sc21)CN(C(C)=O)CC3. The quantitative estimate of drug-likeness (QED) is 0.535. The maximum atomic E-state index is 13.7. The number of carbonyl (C=O) groups is 1. The second kappa shape index (κ2) is 8.63. The van der Waals surface area contributed by atoms with E-state index in [2.05, 4.69) is 6.92 Å². The fraction of sp³-hybridized carbons (Fsp3) is 0.435. The van der Waals surface area contributed by atoms with E-state index in [0.717, 1.165) is 34.5 Å². The number of amides is 1. The first-order valence-corrected chi connectivity index (χ1v) is 11.9. The van der Waals surface area contributed by atoms with Crippen LogP contribution in [0.5, 0.6) is 0 Å². The van der Waals surface area contributed by atoms with Gasteiger partial charge in [-0.2, -0.15) is 0 Å². The molecule has 0 spiro atoms. The van der Waals surface area contributed by atoms with E-state index in [1.807, 2.05) is 6.92 Å². The molecule has 6 nitrogen and oxygen atoms in total. The van der Waals surface area contributed by atoms with Gasteiger partial charge in [-0.3, -0.25) is 14.2 Å². The lowest BCUT2D eigenvalue weighted by Crippen LogP contribution is -2.39. The third-order valence-corrected chi connectivity index (χ3v) is 7.68. The number of halogens is 1. The van der Waals surface area contributed by atoms with Crippen molar-refractivity contribution in [3.63, 3.8) is 0 Å². The van der Waals surface area contributed by atoms with Crippen molar-refractivity contribution in [1.82, 2.24) is 14.0 Å². The number of hydrogen-bond acceptors (Lipinski definition) is 4. The third kappa shape index (κ3) is 3.74. The zero-order valence-electron chi connectivity index (χ0n) is 18.0.